The molecule has 0 bridgehead atoms. The molecular weight excluding hydrogens is 316 g/mol. The Bertz CT molecular complexity index is 696. The number of esters is 1. The van der Waals surface area contributed by atoms with Crippen molar-refractivity contribution in [1.82, 2.24) is 0 Å². The Morgan fingerprint density at radius 3 is 2.76 bits per heavy atom. The third-order valence-electron chi connectivity index (χ3n) is 4.35. The first kappa shape index (κ1) is 17.5. The molecule has 0 saturated carbocycles. The maximum atomic E-state index is 11.4. The van der Waals surface area contributed by atoms with Crippen molar-refractivity contribution in [3.05, 3.63) is 65.2 Å². The lowest BCUT2D eigenvalue weighted by atomic mass is 9.89. The molecule has 25 heavy (non-hydrogen) atoms. The average Bonchev–Trinajstić information content (AvgIpc) is 2.65. The van der Waals surface area contributed by atoms with Gasteiger partial charge in [-0.2, -0.15) is 0 Å². The van der Waals surface area contributed by atoms with E-state index in [1.165, 1.54) is 11.1 Å². The summed E-state index contributed by atoms with van der Waals surface area (Å²) in [5.74, 6) is 0.603. The summed E-state index contributed by atoms with van der Waals surface area (Å²) >= 11 is 0. The largest absolute Gasteiger partial charge is 0.489 e. The number of fused-ring (bicyclic) bond motifs is 1. The lowest BCUT2D eigenvalue weighted by Crippen LogP contribution is -2.26. The molecule has 2 aromatic carbocycles. The fourth-order valence-corrected chi connectivity index (χ4v) is 3.06. The van der Waals surface area contributed by atoms with Crippen LogP contribution in [0.15, 0.2) is 48.5 Å². The second kappa shape index (κ2) is 8.67. The van der Waals surface area contributed by atoms with Gasteiger partial charge in [-0.15, -0.1) is 0 Å². The number of benzene rings is 2. The smallest absolute Gasteiger partial charge is 0.332 e. The van der Waals surface area contributed by atoms with Gasteiger partial charge >= 0.3 is 5.97 Å². The summed E-state index contributed by atoms with van der Waals surface area (Å²) in [6.45, 7) is 2.80. The maximum absolute atomic E-state index is 11.4. The van der Waals surface area contributed by atoms with E-state index in [0.717, 1.165) is 30.6 Å². The van der Waals surface area contributed by atoms with Crippen LogP contribution in [-0.2, 0) is 33.7 Å². The van der Waals surface area contributed by atoms with Gasteiger partial charge in [0.15, 0.2) is 0 Å². The summed E-state index contributed by atoms with van der Waals surface area (Å²) in [5, 5.41) is 0. The molecule has 1 unspecified atom stereocenters. The first-order valence-electron chi connectivity index (χ1n) is 8.80. The Labute approximate surface area is 148 Å². The van der Waals surface area contributed by atoms with Crippen molar-refractivity contribution in [2.45, 2.75) is 38.9 Å². The van der Waals surface area contributed by atoms with Crippen LogP contribution in [0, 0.1) is 0 Å². The minimum atomic E-state index is -0.294. The normalized spacial score (nSPS) is 16.1. The molecule has 0 amide bonds. The van der Waals surface area contributed by atoms with E-state index in [2.05, 4.69) is 24.3 Å². The number of carbonyl (C=O) groups is 1. The van der Waals surface area contributed by atoms with Crippen molar-refractivity contribution in [1.29, 1.82) is 0 Å². The van der Waals surface area contributed by atoms with Gasteiger partial charge in [0, 0.05) is 0 Å². The minimum absolute atomic E-state index is 0.0338. The summed E-state index contributed by atoms with van der Waals surface area (Å²) in [7, 11) is 0. The molecule has 4 nitrogen and oxygen atoms in total. The first-order valence-corrected chi connectivity index (χ1v) is 8.80. The highest BCUT2D eigenvalue weighted by Gasteiger charge is 2.20. The standard InChI is InChI=1S/C21H24O4/c1-2-23-21(22)15-25-20-11-9-17-12-19(10-8-18(17)13-20)24-14-16-6-4-3-5-7-16/h3-8,10,12,20H,2,9,11,13-15H2,1H3. The predicted molar refractivity (Wildman–Crippen MR) is 95.6 cm³/mol. The highest BCUT2D eigenvalue weighted by atomic mass is 16.6. The van der Waals surface area contributed by atoms with Crippen LogP contribution in [0.5, 0.6) is 5.75 Å². The Balaban J connectivity index is 1.53. The molecule has 0 aliphatic heterocycles. The monoisotopic (exact) mass is 340 g/mol. The Morgan fingerprint density at radius 1 is 1.12 bits per heavy atom. The van der Waals surface area contributed by atoms with E-state index in [1.807, 2.05) is 24.3 Å². The van der Waals surface area contributed by atoms with Crippen LogP contribution in [-0.4, -0.2) is 25.3 Å². The van der Waals surface area contributed by atoms with Gasteiger partial charge in [0.05, 0.1) is 12.7 Å². The summed E-state index contributed by atoms with van der Waals surface area (Å²) in [6.07, 6.45) is 2.75. The van der Waals surface area contributed by atoms with E-state index in [9.17, 15) is 4.79 Å². The predicted octanol–water partition coefficient (Wildman–Crippen LogP) is 3.70. The van der Waals surface area contributed by atoms with Crippen LogP contribution in [0.2, 0.25) is 0 Å². The van der Waals surface area contributed by atoms with E-state index in [1.54, 1.807) is 6.92 Å². The van der Waals surface area contributed by atoms with Gasteiger partial charge in [0.1, 0.15) is 19.0 Å². The molecular formula is C21H24O4. The SMILES string of the molecule is CCOC(=O)COC1CCc2cc(OCc3ccccc3)ccc2C1. The van der Waals surface area contributed by atoms with E-state index in [-0.39, 0.29) is 18.7 Å². The Morgan fingerprint density at radius 2 is 1.96 bits per heavy atom. The number of rotatable bonds is 7. The van der Waals surface area contributed by atoms with Crippen LogP contribution in [0.1, 0.15) is 30.0 Å². The molecule has 132 valence electrons. The molecule has 0 N–H and O–H groups in total. The fraction of sp³-hybridized carbons (Fsp3) is 0.381. The molecule has 0 saturated heterocycles. The topological polar surface area (TPSA) is 44.8 Å². The van der Waals surface area contributed by atoms with E-state index in [0.29, 0.717) is 13.2 Å². The Hall–Kier alpha value is -2.33. The molecule has 1 aliphatic carbocycles. The number of hydrogen-bond donors (Lipinski definition) is 0. The third kappa shape index (κ3) is 5.07. The zero-order valence-corrected chi connectivity index (χ0v) is 14.6. The van der Waals surface area contributed by atoms with Crippen molar-refractivity contribution in [3.8, 4) is 5.75 Å². The quantitative estimate of drug-likeness (QED) is 0.721. The van der Waals surface area contributed by atoms with Crippen LogP contribution < -0.4 is 4.74 Å². The number of aryl methyl sites for hydroxylation is 1. The minimum Gasteiger partial charge on any atom is -0.489 e. The molecule has 2 aromatic rings. The zero-order valence-electron chi connectivity index (χ0n) is 14.6. The molecule has 1 atom stereocenters. The van der Waals surface area contributed by atoms with Gasteiger partial charge in [-0.1, -0.05) is 36.4 Å². The van der Waals surface area contributed by atoms with Crippen LogP contribution in [0.25, 0.3) is 0 Å². The fourth-order valence-electron chi connectivity index (χ4n) is 3.06. The summed E-state index contributed by atoms with van der Waals surface area (Å²) < 4.78 is 16.5. The highest BCUT2D eigenvalue weighted by Crippen LogP contribution is 2.27. The third-order valence-corrected chi connectivity index (χ3v) is 4.35. The Kier molecular flexibility index (Phi) is 6.07. The van der Waals surface area contributed by atoms with Gasteiger partial charge in [0.25, 0.3) is 0 Å². The summed E-state index contributed by atoms with van der Waals surface area (Å²) in [6, 6.07) is 16.4. The molecule has 0 radical (unpaired) electrons. The molecule has 0 spiro atoms. The number of carbonyl (C=O) groups excluding carboxylic acids is 1. The van der Waals surface area contributed by atoms with Gasteiger partial charge in [-0.3, -0.25) is 0 Å². The maximum Gasteiger partial charge on any atom is 0.332 e. The molecule has 4 heteroatoms. The summed E-state index contributed by atoms with van der Waals surface area (Å²) in [4.78, 5) is 11.4. The van der Waals surface area contributed by atoms with Gasteiger partial charge in [-0.25, -0.2) is 4.79 Å². The molecule has 3 rings (SSSR count). The van der Waals surface area contributed by atoms with Crippen molar-refractivity contribution in [2.24, 2.45) is 0 Å². The molecule has 0 heterocycles. The van der Waals surface area contributed by atoms with E-state index >= 15 is 0 Å². The van der Waals surface area contributed by atoms with Gasteiger partial charge < -0.3 is 14.2 Å². The van der Waals surface area contributed by atoms with Gasteiger partial charge in [-0.05, 0) is 55.0 Å². The van der Waals surface area contributed by atoms with Gasteiger partial charge in [0.2, 0.25) is 0 Å². The van der Waals surface area contributed by atoms with Crippen LogP contribution in [0.3, 0.4) is 0 Å². The average molecular weight is 340 g/mol. The van der Waals surface area contributed by atoms with Crippen LogP contribution >= 0.6 is 0 Å². The molecule has 0 fully saturated rings. The molecule has 1 aliphatic rings. The highest BCUT2D eigenvalue weighted by molar-refractivity contribution is 5.70. The van der Waals surface area contributed by atoms with Crippen molar-refractivity contribution < 1.29 is 19.0 Å². The van der Waals surface area contributed by atoms with Crippen molar-refractivity contribution in [3.63, 3.8) is 0 Å². The van der Waals surface area contributed by atoms with E-state index < -0.39 is 0 Å². The lowest BCUT2D eigenvalue weighted by molar-refractivity contribution is -0.150. The second-order valence-electron chi connectivity index (χ2n) is 6.19. The van der Waals surface area contributed by atoms with Crippen molar-refractivity contribution >= 4 is 5.97 Å². The number of hydrogen-bond acceptors (Lipinski definition) is 4. The summed E-state index contributed by atoms with van der Waals surface area (Å²) in [5.41, 5.74) is 3.74. The number of ether oxygens (including phenoxy) is 3. The van der Waals surface area contributed by atoms with Crippen LogP contribution in [0.4, 0.5) is 0 Å². The lowest BCUT2D eigenvalue weighted by Gasteiger charge is -2.25. The zero-order chi connectivity index (χ0) is 17.5. The first-order chi connectivity index (χ1) is 12.2. The van der Waals surface area contributed by atoms with Crippen molar-refractivity contribution in [2.75, 3.05) is 13.2 Å². The molecule has 0 aromatic heterocycles. The van der Waals surface area contributed by atoms with E-state index in [4.69, 9.17) is 14.2 Å². The second-order valence-corrected chi connectivity index (χ2v) is 6.19.